The van der Waals surface area contributed by atoms with Crippen LogP contribution in [-0.2, 0) is 4.74 Å². The molecule has 1 nitrogen and oxygen atoms in total. The van der Waals surface area contributed by atoms with Gasteiger partial charge >= 0.3 is 0 Å². The summed E-state index contributed by atoms with van der Waals surface area (Å²) in [7, 11) is 0. The van der Waals surface area contributed by atoms with Crippen LogP contribution < -0.4 is 0 Å². The van der Waals surface area contributed by atoms with E-state index < -0.39 is 12.5 Å². The summed E-state index contributed by atoms with van der Waals surface area (Å²) in [4.78, 5) is 0. The molecule has 0 amide bonds. The molecule has 0 aromatic heterocycles. The van der Waals surface area contributed by atoms with Crippen LogP contribution in [0.25, 0.3) is 0 Å². The van der Waals surface area contributed by atoms with Gasteiger partial charge in [0.15, 0.2) is 0 Å². The second-order valence-electron chi connectivity index (χ2n) is 4.01. The minimum absolute atomic E-state index is 0.308. The molecule has 2 unspecified atom stereocenters. The van der Waals surface area contributed by atoms with Crippen LogP contribution in [-0.4, -0.2) is 0 Å². The second-order valence-corrected chi connectivity index (χ2v) is 4.01. The summed E-state index contributed by atoms with van der Waals surface area (Å²) >= 11 is 0. The first kappa shape index (κ1) is 10.4. The molecule has 0 radical (unpaired) electrons. The van der Waals surface area contributed by atoms with Gasteiger partial charge in [-0.2, -0.15) is 0 Å². The molecule has 0 bridgehead atoms. The van der Waals surface area contributed by atoms with E-state index in [1.807, 2.05) is 12.1 Å². The summed E-state index contributed by atoms with van der Waals surface area (Å²) in [5, 5.41) is 0. The third-order valence-electron chi connectivity index (χ3n) is 2.95. The smallest absolute Gasteiger partial charge is 0.226 e. The lowest BCUT2D eigenvalue weighted by Gasteiger charge is -2.11. The Balaban J connectivity index is 2.04. The Hall–Kier alpha value is -1.74. The molecule has 3 rings (SSSR count). The fourth-order valence-corrected chi connectivity index (χ4v) is 2.12. The van der Waals surface area contributed by atoms with Gasteiger partial charge in [-0.15, -0.1) is 0 Å². The summed E-state index contributed by atoms with van der Waals surface area (Å²) in [6, 6.07) is 13.1. The highest BCUT2D eigenvalue weighted by Crippen LogP contribution is 2.42. The highest BCUT2D eigenvalue weighted by molar-refractivity contribution is 5.39. The van der Waals surface area contributed by atoms with E-state index in [0.29, 0.717) is 5.56 Å². The topological polar surface area (TPSA) is 9.23 Å². The standard InChI is InChI=1S/C14H10F2O/c15-10-7-5-9(6-8-10)13-11-3-1-2-4-12(11)14(16)17-13/h1-8,13-14H. The van der Waals surface area contributed by atoms with Crippen LogP contribution in [0.5, 0.6) is 0 Å². The molecule has 3 heteroatoms. The van der Waals surface area contributed by atoms with Crippen LogP contribution >= 0.6 is 0 Å². The van der Waals surface area contributed by atoms with Crippen LogP contribution in [0.1, 0.15) is 29.2 Å². The Morgan fingerprint density at radius 1 is 0.882 bits per heavy atom. The number of alkyl halides is 1. The molecule has 0 saturated carbocycles. The maximum Gasteiger partial charge on any atom is 0.226 e. The number of benzene rings is 2. The van der Waals surface area contributed by atoms with Crippen molar-refractivity contribution in [1.29, 1.82) is 0 Å². The van der Waals surface area contributed by atoms with E-state index in [1.54, 1.807) is 24.3 Å². The molecule has 1 heterocycles. The van der Waals surface area contributed by atoms with E-state index in [0.717, 1.165) is 11.1 Å². The van der Waals surface area contributed by atoms with Crippen LogP contribution in [0.3, 0.4) is 0 Å². The molecule has 0 N–H and O–H groups in total. The predicted octanol–water partition coefficient (Wildman–Crippen LogP) is 3.91. The van der Waals surface area contributed by atoms with E-state index in [1.165, 1.54) is 12.1 Å². The zero-order valence-corrected chi connectivity index (χ0v) is 8.94. The van der Waals surface area contributed by atoms with Crippen molar-refractivity contribution < 1.29 is 13.5 Å². The molecule has 0 fully saturated rings. The minimum Gasteiger partial charge on any atom is -0.331 e. The average Bonchev–Trinajstić information content (AvgIpc) is 2.69. The maximum absolute atomic E-state index is 13.6. The Bertz CT molecular complexity index is 536. The molecule has 2 atom stereocenters. The molecular weight excluding hydrogens is 222 g/mol. The Kier molecular flexibility index (Phi) is 2.41. The van der Waals surface area contributed by atoms with E-state index >= 15 is 0 Å². The minimum atomic E-state index is -1.40. The largest absolute Gasteiger partial charge is 0.331 e. The van der Waals surface area contributed by atoms with Gasteiger partial charge in [0.25, 0.3) is 0 Å². The molecular formula is C14H10F2O. The summed E-state index contributed by atoms with van der Waals surface area (Å²) in [5.74, 6) is -0.308. The van der Waals surface area contributed by atoms with Gasteiger partial charge in [-0.05, 0) is 23.3 Å². The van der Waals surface area contributed by atoms with Crippen molar-refractivity contribution in [3.63, 3.8) is 0 Å². The molecule has 1 aliphatic rings. The van der Waals surface area contributed by atoms with Crippen molar-refractivity contribution >= 4 is 0 Å². The van der Waals surface area contributed by atoms with Gasteiger partial charge in [-0.25, -0.2) is 8.78 Å². The van der Waals surface area contributed by atoms with E-state index in [-0.39, 0.29) is 5.82 Å². The highest BCUT2D eigenvalue weighted by Gasteiger charge is 2.32. The molecule has 1 aliphatic heterocycles. The van der Waals surface area contributed by atoms with Crippen LogP contribution in [0, 0.1) is 5.82 Å². The van der Waals surface area contributed by atoms with Gasteiger partial charge in [0.2, 0.25) is 6.36 Å². The quantitative estimate of drug-likeness (QED) is 0.724. The number of rotatable bonds is 1. The number of fused-ring (bicyclic) bond motifs is 1. The molecule has 0 spiro atoms. The Morgan fingerprint density at radius 2 is 1.53 bits per heavy atom. The Labute approximate surface area is 97.7 Å². The first-order valence-electron chi connectivity index (χ1n) is 5.39. The average molecular weight is 232 g/mol. The summed E-state index contributed by atoms with van der Waals surface area (Å²) in [6.45, 7) is 0. The van der Waals surface area contributed by atoms with Crippen LogP contribution in [0.4, 0.5) is 8.78 Å². The SMILES string of the molecule is Fc1ccc(C2OC(F)c3ccccc32)cc1. The van der Waals surface area contributed by atoms with Gasteiger partial charge in [-0.3, -0.25) is 0 Å². The molecule has 17 heavy (non-hydrogen) atoms. The molecule has 0 aliphatic carbocycles. The van der Waals surface area contributed by atoms with Crippen molar-refractivity contribution in [1.82, 2.24) is 0 Å². The van der Waals surface area contributed by atoms with E-state index in [4.69, 9.17) is 4.74 Å². The summed E-state index contributed by atoms with van der Waals surface area (Å²) < 4.78 is 31.7. The van der Waals surface area contributed by atoms with Crippen molar-refractivity contribution in [2.45, 2.75) is 12.5 Å². The highest BCUT2D eigenvalue weighted by atomic mass is 19.1. The first-order chi connectivity index (χ1) is 8.25. The van der Waals surface area contributed by atoms with Gasteiger partial charge < -0.3 is 4.74 Å². The Morgan fingerprint density at radius 3 is 2.24 bits per heavy atom. The van der Waals surface area contributed by atoms with Gasteiger partial charge in [0, 0.05) is 5.56 Å². The predicted molar refractivity (Wildman–Crippen MR) is 59.6 cm³/mol. The second kappa shape index (κ2) is 3.93. The lowest BCUT2D eigenvalue weighted by Crippen LogP contribution is -1.98. The third-order valence-corrected chi connectivity index (χ3v) is 2.95. The van der Waals surface area contributed by atoms with E-state index in [2.05, 4.69) is 0 Å². The lowest BCUT2D eigenvalue weighted by molar-refractivity contribution is -0.0510. The lowest BCUT2D eigenvalue weighted by atomic mass is 9.99. The summed E-state index contributed by atoms with van der Waals surface area (Å²) in [5.41, 5.74) is 2.13. The maximum atomic E-state index is 13.6. The van der Waals surface area contributed by atoms with E-state index in [9.17, 15) is 8.78 Å². The van der Waals surface area contributed by atoms with Crippen molar-refractivity contribution in [2.75, 3.05) is 0 Å². The number of ether oxygens (including phenoxy) is 1. The van der Waals surface area contributed by atoms with Gasteiger partial charge in [0.05, 0.1) is 0 Å². The first-order valence-corrected chi connectivity index (χ1v) is 5.39. The van der Waals surface area contributed by atoms with Gasteiger partial charge in [-0.1, -0.05) is 36.4 Å². The number of hydrogen-bond donors (Lipinski definition) is 0. The van der Waals surface area contributed by atoms with Crippen LogP contribution in [0.2, 0.25) is 0 Å². The van der Waals surface area contributed by atoms with Crippen molar-refractivity contribution in [3.8, 4) is 0 Å². The fourth-order valence-electron chi connectivity index (χ4n) is 2.12. The number of hydrogen-bond acceptors (Lipinski definition) is 1. The fraction of sp³-hybridized carbons (Fsp3) is 0.143. The molecule has 2 aromatic carbocycles. The van der Waals surface area contributed by atoms with Crippen molar-refractivity contribution in [3.05, 3.63) is 71.0 Å². The van der Waals surface area contributed by atoms with Crippen molar-refractivity contribution in [2.24, 2.45) is 0 Å². The molecule has 2 aromatic rings. The monoisotopic (exact) mass is 232 g/mol. The number of halogens is 2. The molecule has 0 saturated heterocycles. The summed E-state index contributed by atoms with van der Waals surface area (Å²) in [6.07, 6.45) is -1.84. The third kappa shape index (κ3) is 1.72. The zero-order chi connectivity index (χ0) is 11.8. The molecule has 86 valence electrons. The zero-order valence-electron chi connectivity index (χ0n) is 8.94. The van der Waals surface area contributed by atoms with Crippen LogP contribution in [0.15, 0.2) is 48.5 Å². The normalized spacial score (nSPS) is 22.5. The van der Waals surface area contributed by atoms with Gasteiger partial charge in [0.1, 0.15) is 11.9 Å².